The van der Waals surface area contributed by atoms with Crippen LogP contribution in [0.3, 0.4) is 0 Å². The van der Waals surface area contributed by atoms with E-state index in [-0.39, 0.29) is 29.3 Å². The van der Waals surface area contributed by atoms with Gasteiger partial charge in [0.15, 0.2) is 5.69 Å². The Bertz CT molecular complexity index is 1650. The zero-order valence-electron chi connectivity index (χ0n) is 20.8. The summed E-state index contributed by atoms with van der Waals surface area (Å²) in [6.07, 6.45) is 3.06. The van der Waals surface area contributed by atoms with Crippen LogP contribution < -0.4 is 0 Å². The maximum Gasteiger partial charge on any atom is 0.267 e. The summed E-state index contributed by atoms with van der Waals surface area (Å²) in [4.78, 5) is 32.8. The molecule has 2 amide bonds. The van der Waals surface area contributed by atoms with Crippen LogP contribution in [-0.2, 0) is 4.79 Å². The lowest BCUT2D eigenvalue weighted by Gasteiger charge is -2.30. The van der Waals surface area contributed by atoms with Gasteiger partial charge in [-0.2, -0.15) is 0 Å². The number of hydrogen-bond acceptors (Lipinski definition) is 4. The first-order valence-corrected chi connectivity index (χ1v) is 14.6. The zero-order valence-corrected chi connectivity index (χ0v) is 25.1. The van der Waals surface area contributed by atoms with E-state index in [1.54, 1.807) is 17.0 Å². The van der Waals surface area contributed by atoms with E-state index in [0.29, 0.717) is 36.9 Å². The largest absolute Gasteiger partial charge is 0.493 e. The summed E-state index contributed by atoms with van der Waals surface area (Å²) in [6, 6.07) is 23.2. The van der Waals surface area contributed by atoms with Crippen molar-refractivity contribution in [3.63, 3.8) is 0 Å². The quantitative estimate of drug-likeness (QED) is 0.132. The van der Waals surface area contributed by atoms with Crippen LogP contribution in [0.15, 0.2) is 89.2 Å². The number of hydrogen-bond donors (Lipinski definition) is 3. The van der Waals surface area contributed by atoms with Crippen molar-refractivity contribution in [1.29, 1.82) is 0 Å². The third kappa shape index (κ3) is 6.49. The number of rotatable bonds is 3. The number of halogens is 2. The summed E-state index contributed by atoms with van der Waals surface area (Å²) in [5, 5.41) is 20.0. The van der Waals surface area contributed by atoms with Crippen LogP contribution in [0.5, 0.6) is 5.88 Å². The lowest BCUT2D eigenvalue weighted by Crippen LogP contribution is -2.40. The summed E-state index contributed by atoms with van der Waals surface area (Å²) in [6.45, 7) is 1.02. The molecule has 0 saturated carbocycles. The number of nitrogens with zero attached hydrogens (tertiary/aromatic N) is 3. The molecule has 3 aromatic carbocycles. The third-order valence-corrected chi connectivity index (χ3v) is 7.97. The van der Waals surface area contributed by atoms with E-state index in [4.69, 9.17) is 0 Å². The second-order valence-corrected chi connectivity index (χ2v) is 11.7. The number of H-pyrrole nitrogens is 2. The van der Waals surface area contributed by atoms with Crippen molar-refractivity contribution in [2.45, 2.75) is 12.8 Å². The highest BCUT2D eigenvalue weighted by Gasteiger charge is 2.28. The Hall–Kier alpha value is -3.26. The predicted octanol–water partition coefficient (Wildman–Crippen LogP) is 7.41. The van der Waals surface area contributed by atoms with Gasteiger partial charge in [0.25, 0.3) is 11.8 Å². The molecule has 0 spiro atoms. The van der Waals surface area contributed by atoms with Crippen molar-refractivity contribution in [2.75, 3.05) is 13.1 Å². The second kappa shape index (κ2) is 12.3. The molecule has 0 radical (unpaired) electrons. The molecule has 2 aromatic heterocycles. The molecule has 10 heteroatoms. The number of amides is 2. The normalized spacial score (nSPS) is 14.1. The Kier molecular flexibility index (Phi) is 8.60. The van der Waals surface area contributed by atoms with Gasteiger partial charge >= 0.3 is 0 Å². The van der Waals surface area contributed by atoms with Crippen molar-refractivity contribution in [3.8, 4) is 5.88 Å². The van der Waals surface area contributed by atoms with E-state index in [0.717, 1.165) is 9.09 Å². The number of aromatic amines is 2. The van der Waals surface area contributed by atoms with Crippen molar-refractivity contribution in [3.05, 3.63) is 91.7 Å². The number of azo groups is 1. The van der Waals surface area contributed by atoms with Gasteiger partial charge in [-0.05, 0) is 113 Å². The maximum absolute atomic E-state index is 12.5. The van der Waals surface area contributed by atoms with Crippen LogP contribution in [0.4, 0.5) is 5.69 Å². The first-order valence-electron chi connectivity index (χ1n) is 12.4. The second-order valence-electron chi connectivity index (χ2n) is 9.19. The van der Waals surface area contributed by atoms with Crippen LogP contribution in [0, 0.1) is 13.1 Å². The highest BCUT2D eigenvalue weighted by atomic mass is 127. The number of carbonyl (C=O) groups excluding carboxylic acids is 2. The van der Waals surface area contributed by atoms with E-state index in [1.165, 1.54) is 14.5 Å². The maximum atomic E-state index is 12.5. The van der Waals surface area contributed by atoms with Crippen LogP contribution >= 0.6 is 45.2 Å². The summed E-state index contributed by atoms with van der Waals surface area (Å²) >= 11 is 4.49. The minimum Gasteiger partial charge on any atom is -0.493 e. The minimum atomic E-state index is -0.323. The highest BCUT2D eigenvalue weighted by molar-refractivity contribution is 14.1. The molecule has 6 rings (SSSR count). The number of aromatic nitrogens is 2. The fourth-order valence-corrected chi connectivity index (χ4v) is 5.54. The van der Waals surface area contributed by atoms with Gasteiger partial charge in [0.05, 0.1) is 5.52 Å². The van der Waals surface area contributed by atoms with Crippen LogP contribution in [0.2, 0.25) is 0 Å². The number of benzene rings is 3. The summed E-state index contributed by atoms with van der Waals surface area (Å²) < 4.78 is 2.28. The van der Waals surface area contributed by atoms with Crippen LogP contribution in [0.25, 0.3) is 21.8 Å². The number of nitrogens with one attached hydrogen (secondary N) is 2. The summed E-state index contributed by atoms with van der Waals surface area (Å²) in [5.41, 5.74) is 2.86. The first-order chi connectivity index (χ1) is 18.9. The minimum absolute atomic E-state index is 0.0172. The molecule has 1 aliphatic heterocycles. The zero-order chi connectivity index (χ0) is 27.4. The molecule has 3 N–H and O–H groups in total. The number of aromatic hydroxyl groups is 1. The molecule has 0 bridgehead atoms. The number of likely N-dealkylation sites (tertiary alicyclic amines) is 1. The molecular weight excluding hydrogens is 720 g/mol. The predicted molar refractivity (Wildman–Crippen MR) is 168 cm³/mol. The Labute approximate surface area is 252 Å². The molecule has 0 aliphatic carbocycles. The summed E-state index contributed by atoms with van der Waals surface area (Å²) in [5.74, 6) is -0.722. The molecule has 1 saturated heterocycles. The molecule has 1 fully saturated rings. The van der Waals surface area contributed by atoms with Gasteiger partial charge in [-0.15, -0.1) is 10.2 Å². The van der Waals surface area contributed by atoms with E-state index in [2.05, 4.69) is 89.6 Å². The monoisotopic (exact) mass is 745 g/mol. The number of fused-ring (bicyclic) bond motifs is 2. The average Bonchev–Trinajstić information content (AvgIpc) is 3.55. The molecule has 0 atom stereocenters. The molecule has 5 aromatic rings. The highest BCUT2D eigenvalue weighted by Crippen LogP contribution is 2.36. The lowest BCUT2D eigenvalue weighted by molar-refractivity contribution is -0.123. The van der Waals surface area contributed by atoms with Crippen molar-refractivity contribution < 1.29 is 14.7 Å². The molecule has 0 unspecified atom stereocenters. The van der Waals surface area contributed by atoms with Crippen LogP contribution in [-0.4, -0.2) is 44.9 Å². The van der Waals surface area contributed by atoms with E-state index in [9.17, 15) is 14.7 Å². The molecular formula is C29H25I2N5O3. The van der Waals surface area contributed by atoms with Crippen LogP contribution in [0.1, 0.15) is 23.2 Å². The van der Waals surface area contributed by atoms with Crippen molar-refractivity contribution >= 4 is 84.5 Å². The van der Waals surface area contributed by atoms with Crippen molar-refractivity contribution in [1.82, 2.24) is 14.9 Å². The Balaban J connectivity index is 0.000000257. The van der Waals surface area contributed by atoms with E-state index in [1.807, 2.05) is 42.6 Å². The molecule has 3 heterocycles. The van der Waals surface area contributed by atoms with E-state index < -0.39 is 0 Å². The molecule has 1 aliphatic rings. The lowest BCUT2D eigenvalue weighted by atomic mass is 9.96. The summed E-state index contributed by atoms with van der Waals surface area (Å²) in [7, 11) is 0. The van der Waals surface area contributed by atoms with Gasteiger partial charge in [0.2, 0.25) is 5.88 Å². The SMILES string of the molecule is Ic1ccc2[nH]ccc2c1.O=C(N=Nc1c(O)[nH]c2ccc(I)cc12)C1CCN(C(=O)c2ccccc2)CC1. The smallest absolute Gasteiger partial charge is 0.267 e. The van der Waals surface area contributed by atoms with Gasteiger partial charge in [-0.1, -0.05) is 18.2 Å². The Morgan fingerprint density at radius 2 is 1.59 bits per heavy atom. The Morgan fingerprint density at radius 3 is 2.33 bits per heavy atom. The number of piperidine rings is 1. The first kappa shape index (κ1) is 27.3. The average molecular weight is 745 g/mol. The molecule has 39 heavy (non-hydrogen) atoms. The fraction of sp³-hybridized carbons (Fsp3) is 0.172. The third-order valence-electron chi connectivity index (χ3n) is 6.63. The van der Waals surface area contributed by atoms with Gasteiger partial charge in [-0.25, -0.2) is 0 Å². The van der Waals surface area contributed by atoms with E-state index >= 15 is 0 Å². The van der Waals surface area contributed by atoms with Gasteiger partial charge < -0.3 is 20.0 Å². The van der Waals surface area contributed by atoms with Crippen molar-refractivity contribution in [2.24, 2.45) is 16.1 Å². The molecule has 198 valence electrons. The molecule has 8 nitrogen and oxygen atoms in total. The topological polar surface area (TPSA) is 114 Å². The fourth-order valence-electron chi connectivity index (χ4n) is 4.53. The van der Waals surface area contributed by atoms with Gasteiger partial charge in [0.1, 0.15) is 0 Å². The standard InChI is InChI=1S/C21H19IN4O3.C8H6IN/c22-15-6-7-17-16(12-15)18(20(28)23-17)24-25-19(27)13-8-10-26(11-9-13)21(29)14-4-2-1-3-5-14;9-7-1-2-8-6(5-7)3-4-10-8/h1-7,12-13,23,28H,8-11H2;1-5,10H. The van der Waals surface area contributed by atoms with Gasteiger partial charge in [0, 0.05) is 54.2 Å². The Morgan fingerprint density at radius 1 is 0.897 bits per heavy atom. The van der Waals surface area contributed by atoms with Gasteiger partial charge in [-0.3, -0.25) is 9.59 Å². The number of carbonyl (C=O) groups is 2.